The van der Waals surface area contributed by atoms with Gasteiger partial charge in [0.15, 0.2) is 11.6 Å². The Balaban J connectivity index is 2.23. The summed E-state index contributed by atoms with van der Waals surface area (Å²) in [6, 6.07) is 7.40. The van der Waals surface area contributed by atoms with E-state index in [4.69, 9.17) is 17.3 Å². The Morgan fingerprint density at radius 1 is 1.05 bits per heavy atom. The fraction of sp³-hybridized carbons (Fsp3) is 0.143. The number of hydrogen-bond acceptors (Lipinski definition) is 1. The summed E-state index contributed by atoms with van der Waals surface area (Å²) in [4.78, 5) is 0. The molecule has 0 heterocycles. The molecule has 0 spiro atoms. The molecule has 1 atom stereocenters. The van der Waals surface area contributed by atoms with Gasteiger partial charge in [-0.15, -0.1) is 0 Å². The summed E-state index contributed by atoms with van der Waals surface area (Å²) < 4.78 is 39.9. The van der Waals surface area contributed by atoms with Crippen LogP contribution in [0.1, 0.15) is 17.2 Å². The zero-order chi connectivity index (χ0) is 14.0. The van der Waals surface area contributed by atoms with Gasteiger partial charge in [-0.2, -0.15) is 0 Å². The first-order valence-electron chi connectivity index (χ1n) is 5.62. The van der Waals surface area contributed by atoms with E-state index in [0.29, 0.717) is 5.56 Å². The molecule has 0 radical (unpaired) electrons. The highest BCUT2D eigenvalue weighted by molar-refractivity contribution is 6.30. The first-order chi connectivity index (χ1) is 8.99. The van der Waals surface area contributed by atoms with E-state index in [0.717, 1.165) is 6.07 Å². The number of benzene rings is 2. The Kier molecular flexibility index (Phi) is 4.12. The summed E-state index contributed by atoms with van der Waals surface area (Å²) in [5.74, 6) is -2.44. The van der Waals surface area contributed by atoms with Crippen LogP contribution in [0.2, 0.25) is 5.02 Å². The molecule has 2 rings (SSSR count). The molecule has 2 aromatic rings. The summed E-state index contributed by atoms with van der Waals surface area (Å²) in [7, 11) is 0. The fourth-order valence-corrected chi connectivity index (χ4v) is 1.92. The average Bonchev–Trinajstić information content (AvgIpc) is 2.38. The molecule has 0 bridgehead atoms. The zero-order valence-electron chi connectivity index (χ0n) is 9.84. The zero-order valence-corrected chi connectivity index (χ0v) is 10.6. The van der Waals surface area contributed by atoms with Crippen LogP contribution < -0.4 is 5.73 Å². The van der Waals surface area contributed by atoms with Crippen molar-refractivity contribution in [1.82, 2.24) is 0 Å². The smallest absolute Gasteiger partial charge is 0.162 e. The van der Waals surface area contributed by atoms with Gasteiger partial charge in [0, 0.05) is 6.04 Å². The van der Waals surface area contributed by atoms with E-state index in [2.05, 4.69) is 0 Å². The van der Waals surface area contributed by atoms with Crippen molar-refractivity contribution in [3.05, 3.63) is 70.0 Å². The van der Waals surface area contributed by atoms with E-state index >= 15 is 0 Å². The molecule has 100 valence electrons. The van der Waals surface area contributed by atoms with Crippen molar-refractivity contribution < 1.29 is 13.2 Å². The lowest BCUT2D eigenvalue weighted by Gasteiger charge is -2.13. The van der Waals surface area contributed by atoms with Gasteiger partial charge >= 0.3 is 0 Å². The highest BCUT2D eigenvalue weighted by atomic mass is 35.5. The number of hydrogen-bond donors (Lipinski definition) is 1. The standard InChI is InChI=1S/C14H11ClF3N/c15-10-5-4-8(6-12(10)17)13(19)7-9-2-1-3-11(16)14(9)18/h1-6,13H,7,19H2. The molecule has 1 unspecified atom stereocenters. The minimum absolute atomic E-state index is 0.00659. The van der Waals surface area contributed by atoms with Crippen molar-refractivity contribution in [3.8, 4) is 0 Å². The van der Waals surface area contributed by atoms with Gasteiger partial charge < -0.3 is 5.73 Å². The summed E-state index contributed by atoms with van der Waals surface area (Å²) in [5, 5.41) is -0.00659. The Hall–Kier alpha value is -1.52. The van der Waals surface area contributed by atoms with Gasteiger partial charge in [-0.05, 0) is 35.7 Å². The van der Waals surface area contributed by atoms with Crippen LogP contribution in [0.25, 0.3) is 0 Å². The molecule has 0 saturated heterocycles. The fourth-order valence-electron chi connectivity index (χ4n) is 1.80. The van der Waals surface area contributed by atoms with E-state index in [1.54, 1.807) is 6.07 Å². The maximum Gasteiger partial charge on any atom is 0.162 e. The largest absolute Gasteiger partial charge is 0.324 e. The second kappa shape index (κ2) is 5.63. The summed E-state index contributed by atoms with van der Waals surface area (Å²) in [5.41, 5.74) is 6.50. The van der Waals surface area contributed by atoms with E-state index < -0.39 is 23.5 Å². The average molecular weight is 286 g/mol. The third-order valence-electron chi connectivity index (χ3n) is 2.84. The Morgan fingerprint density at radius 3 is 2.47 bits per heavy atom. The van der Waals surface area contributed by atoms with Crippen molar-refractivity contribution in [2.45, 2.75) is 12.5 Å². The summed E-state index contributed by atoms with van der Waals surface area (Å²) in [6.07, 6.45) is 0.0741. The van der Waals surface area contributed by atoms with E-state index in [-0.39, 0.29) is 17.0 Å². The molecule has 0 aliphatic heterocycles. The predicted octanol–water partition coefficient (Wildman–Crippen LogP) is 4.00. The third kappa shape index (κ3) is 3.08. The van der Waals surface area contributed by atoms with Crippen LogP contribution in [-0.4, -0.2) is 0 Å². The van der Waals surface area contributed by atoms with Gasteiger partial charge in [-0.25, -0.2) is 13.2 Å². The van der Waals surface area contributed by atoms with E-state index in [1.807, 2.05) is 0 Å². The van der Waals surface area contributed by atoms with Gasteiger partial charge in [0.25, 0.3) is 0 Å². The van der Waals surface area contributed by atoms with Crippen LogP contribution in [0.15, 0.2) is 36.4 Å². The molecule has 0 aliphatic carbocycles. The molecule has 19 heavy (non-hydrogen) atoms. The highest BCUT2D eigenvalue weighted by Crippen LogP contribution is 2.23. The molecule has 0 amide bonds. The Bertz CT molecular complexity index is 601. The minimum atomic E-state index is -0.924. The number of halogens is 4. The molecule has 2 N–H and O–H groups in total. The molecule has 2 aromatic carbocycles. The summed E-state index contributed by atoms with van der Waals surface area (Å²) >= 11 is 5.57. The van der Waals surface area contributed by atoms with Gasteiger partial charge in [-0.1, -0.05) is 29.8 Å². The van der Waals surface area contributed by atoms with E-state index in [9.17, 15) is 13.2 Å². The van der Waals surface area contributed by atoms with Gasteiger partial charge in [0.2, 0.25) is 0 Å². The van der Waals surface area contributed by atoms with Crippen molar-refractivity contribution in [2.24, 2.45) is 5.73 Å². The lowest BCUT2D eigenvalue weighted by molar-refractivity contribution is 0.494. The Labute approximate surface area is 113 Å². The van der Waals surface area contributed by atoms with Crippen molar-refractivity contribution in [3.63, 3.8) is 0 Å². The summed E-state index contributed by atoms with van der Waals surface area (Å²) in [6.45, 7) is 0. The van der Waals surface area contributed by atoms with Crippen LogP contribution in [0.4, 0.5) is 13.2 Å². The van der Waals surface area contributed by atoms with Crippen LogP contribution in [0, 0.1) is 17.5 Å². The number of rotatable bonds is 3. The second-order valence-corrected chi connectivity index (χ2v) is 4.60. The van der Waals surface area contributed by atoms with Gasteiger partial charge in [0.1, 0.15) is 5.82 Å². The minimum Gasteiger partial charge on any atom is -0.324 e. The van der Waals surface area contributed by atoms with Crippen molar-refractivity contribution >= 4 is 11.6 Å². The monoisotopic (exact) mass is 285 g/mol. The first kappa shape index (κ1) is 13.9. The van der Waals surface area contributed by atoms with Crippen LogP contribution >= 0.6 is 11.6 Å². The molecule has 0 aliphatic rings. The maximum absolute atomic E-state index is 13.5. The molecule has 5 heteroatoms. The lowest BCUT2D eigenvalue weighted by Crippen LogP contribution is -2.14. The molecule has 0 fully saturated rings. The molecular weight excluding hydrogens is 275 g/mol. The topological polar surface area (TPSA) is 26.0 Å². The molecule has 1 nitrogen and oxygen atoms in total. The van der Waals surface area contributed by atoms with Crippen molar-refractivity contribution in [1.29, 1.82) is 0 Å². The second-order valence-electron chi connectivity index (χ2n) is 4.20. The molecular formula is C14H11ClF3N. The maximum atomic E-state index is 13.5. The van der Waals surface area contributed by atoms with E-state index in [1.165, 1.54) is 24.3 Å². The Morgan fingerprint density at radius 2 is 1.79 bits per heavy atom. The van der Waals surface area contributed by atoms with Crippen LogP contribution in [0.3, 0.4) is 0 Å². The normalized spacial score (nSPS) is 12.5. The van der Waals surface area contributed by atoms with Crippen LogP contribution in [0.5, 0.6) is 0 Å². The number of nitrogens with two attached hydrogens (primary N) is 1. The quantitative estimate of drug-likeness (QED) is 0.906. The highest BCUT2D eigenvalue weighted by Gasteiger charge is 2.14. The predicted molar refractivity (Wildman–Crippen MR) is 68.4 cm³/mol. The first-order valence-corrected chi connectivity index (χ1v) is 6.00. The van der Waals surface area contributed by atoms with Crippen LogP contribution in [-0.2, 0) is 6.42 Å². The third-order valence-corrected chi connectivity index (χ3v) is 3.15. The SMILES string of the molecule is NC(Cc1cccc(F)c1F)c1ccc(Cl)c(F)c1. The van der Waals surface area contributed by atoms with Gasteiger partial charge in [-0.3, -0.25) is 0 Å². The molecule has 0 saturated carbocycles. The van der Waals surface area contributed by atoms with Gasteiger partial charge in [0.05, 0.1) is 5.02 Å². The molecule has 0 aromatic heterocycles. The van der Waals surface area contributed by atoms with Crippen molar-refractivity contribution in [2.75, 3.05) is 0 Å². The lowest BCUT2D eigenvalue weighted by atomic mass is 9.99.